The Morgan fingerprint density at radius 1 is 1.21 bits per heavy atom. The van der Waals surface area contributed by atoms with Crippen LogP contribution in [-0.4, -0.2) is 35.5 Å². The van der Waals surface area contributed by atoms with Crippen molar-refractivity contribution in [3.63, 3.8) is 0 Å². The minimum Gasteiger partial charge on any atom is -0.466 e. The number of carbonyl (C=O) groups excluding carboxylic acids is 1. The number of aromatic amines is 1. The molecular weight excluding hydrogens is 348 g/mol. The number of nitrogens with one attached hydrogen (secondary N) is 1. The Hall–Kier alpha value is -2.85. The number of hydrogen-bond donors (Lipinski definition) is 1. The smallest absolute Gasteiger partial charge is 0.330 e. The molecular formula is C24H26N2O2. The molecule has 1 aromatic heterocycles. The largest absolute Gasteiger partial charge is 0.466 e. The summed E-state index contributed by atoms with van der Waals surface area (Å²) in [4.78, 5) is 17.2. The van der Waals surface area contributed by atoms with Gasteiger partial charge in [0.25, 0.3) is 0 Å². The Bertz CT molecular complexity index is 972. The lowest BCUT2D eigenvalue weighted by atomic mass is 10.0. The van der Waals surface area contributed by atoms with Crippen LogP contribution in [0.25, 0.3) is 17.0 Å². The van der Waals surface area contributed by atoms with Gasteiger partial charge in [-0.1, -0.05) is 42.5 Å². The molecule has 0 spiro atoms. The third kappa shape index (κ3) is 4.18. The zero-order valence-electron chi connectivity index (χ0n) is 16.2. The van der Waals surface area contributed by atoms with Gasteiger partial charge in [-0.05, 0) is 54.6 Å². The average molecular weight is 374 g/mol. The van der Waals surface area contributed by atoms with Crippen molar-refractivity contribution in [2.75, 3.05) is 13.7 Å². The fourth-order valence-corrected chi connectivity index (χ4v) is 4.09. The zero-order chi connectivity index (χ0) is 19.3. The third-order valence-electron chi connectivity index (χ3n) is 5.61. The lowest BCUT2D eigenvalue weighted by Gasteiger charge is -2.24. The lowest BCUT2D eigenvalue weighted by molar-refractivity contribution is -0.134. The highest BCUT2D eigenvalue weighted by molar-refractivity contribution is 5.86. The van der Waals surface area contributed by atoms with Crippen molar-refractivity contribution < 1.29 is 9.53 Å². The highest BCUT2D eigenvalue weighted by atomic mass is 16.5. The van der Waals surface area contributed by atoms with Gasteiger partial charge in [-0.25, -0.2) is 4.79 Å². The Balaban J connectivity index is 1.41. The van der Waals surface area contributed by atoms with Crippen molar-refractivity contribution in [1.29, 1.82) is 0 Å². The van der Waals surface area contributed by atoms with Crippen molar-refractivity contribution in [2.24, 2.45) is 0 Å². The number of methoxy groups -OCH3 is 1. The van der Waals surface area contributed by atoms with E-state index >= 15 is 0 Å². The number of para-hydroxylation sites is 1. The van der Waals surface area contributed by atoms with Gasteiger partial charge in [0, 0.05) is 35.8 Å². The summed E-state index contributed by atoms with van der Waals surface area (Å²) >= 11 is 0. The summed E-state index contributed by atoms with van der Waals surface area (Å²) in [5.74, 6) is -0.332. The summed E-state index contributed by atoms with van der Waals surface area (Å²) in [6.07, 6.45) is 9.00. The first kappa shape index (κ1) is 18.5. The number of aromatic nitrogens is 1. The second kappa shape index (κ2) is 8.44. The Morgan fingerprint density at radius 3 is 2.86 bits per heavy atom. The first-order valence-corrected chi connectivity index (χ1v) is 9.87. The van der Waals surface area contributed by atoms with Gasteiger partial charge in [-0.2, -0.15) is 0 Å². The minimum atomic E-state index is -0.332. The van der Waals surface area contributed by atoms with E-state index < -0.39 is 0 Å². The molecule has 1 aliphatic rings. The molecule has 2 aromatic carbocycles. The lowest BCUT2D eigenvalue weighted by Crippen LogP contribution is -2.30. The van der Waals surface area contributed by atoms with E-state index in [9.17, 15) is 4.79 Å². The van der Waals surface area contributed by atoms with Crippen molar-refractivity contribution in [2.45, 2.75) is 31.8 Å². The molecule has 4 rings (SSSR count). The molecule has 0 bridgehead atoms. The van der Waals surface area contributed by atoms with Crippen LogP contribution in [0.1, 0.15) is 29.5 Å². The molecule has 0 unspecified atom stereocenters. The van der Waals surface area contributed by atoms with Gasteiger partial charge in [-0.15, -0.1) is 0 Å². The number of ether oxygens (including phenoxy) is 1. The van der Waals surface area contributed by atoms with Gasteiger partial charge in [0.05, 0.1) is 7.11 Å². The van der Waals surface area contributed by atoms with Crippen LogP contribution < -0.4 is 0 Å². The topological polar surface area (TPSA) is 45.3 Å². The third-order valence-corrected chi connectivity index (χ3v) is 5.61. The SMILES string of the molecule is COC(=O)C=Cc1ccc(CN2CCC[C@@H]2Cc2c[nH]c3ccccc23)cc1. The number of nitrogens with zero attached hydrogens (tertiary/aromatic N) is 1. The summed E-state index contributed by atoms with van der Waals surface area (Å²) < 4.78 is 4.63. The van der Waals surface area contributed by atoms with Crippen LogP contribution in [0.4, 0.5) is 0 Å². The number of rotatable bonds is 6. The highest BCUT2D eigenvalue weighted by Gasteiger charge is 2.25. The first-order chi connectivity index (χ1) is 13.7. The van der Waals surface area contributed by atoms with Crippen LogP contribution in [0.5, 0.6) is 0 Å². The maximum absolute atomic E-state index is 11.2. The fourth-order valence-electron chi connectivity index (χ4n) is 4.09. The van der Waals surface area contributed by atoms with Crippen molar-refractivity contribution in [3.05, 3.63) is 77.5 Å². The second-order valence-corrected chi connectivity index (χ2v) is 7.43. The fraction of sp³-hybridized carbons (Fsp3) is 0.292. The molecule has 0 saturated carbocycles. The van der Waals surface area contributed by atoms with E-state index in [4.69, 9.17) is 0 Å². The Labute approximate surface area is 165 Å². The van der Waals surface area contributed by atoms with E-state index in [1.165, 1.54) is 48.1 Å². The van der Waals surface area contributed by atoms with E-state index in [-0.39, 0.29) is 5.97 Å². The number of carbonyl (C=O) groups is 1. The van der Waals surface area contributed by atoms with Crippen LogP contribution in [0.3, 0.4) is 0 Å². The molecule has 0 amide bonds. The van der Waals surface area contributed by atoms with E-state index in [2.05, 4.69) is 69.3 Å². The molecule has 4 nitrogen and oxygen atoms in total. The molecule has 144 valence electrons. The highest BCUT2D eigenvalue weighted by Crippen LogP contribution is 2.27. The molecule has 2 heterocycles. The molecule has 1 aliphatic heterocycles. The Morgan fingerprint density at radius 2 is 2.04 bits per heavy atom. The quantitative estimate of drug-likeness (QED) is 0.508. The van der Waals surface area contributed by atoms with Crippen LogP contribution in [0.2, 0.25) is 0 Å². The summed E-state index contributed by atoms with van der Waals surface area (Å²) in [7, 11) is 1.39. The number of H-pyrrole nitrogens is 1. The normalized spacial score (nSPS) is 17.5. The van der Waals surface area contributed by atoms with Crippen LogP contribution >= 0.6 is 0 Å². The summed E-state index contributed by atoms with van der Waals surface area (Å²) in [6, 6.07) is 17.5. The van der Waals surface area contributed by atoms with Crippen molar-refractivity contribution in [1.82, 2.24) is 9.88 Å². The molecule has 1 saturated heterocycles. The van der Waals surface area contributed by atoms with Crippen LogP contribution in [0.15, 0.2) is 60.8 Å². The van der Waals surface area contributed by atoms with Gasteiger partial charge < -0.3 is 9.72 Å². The average Bonchev–Trinajstić information content (AvgIpc) is 3.35. The molecule has 3 aromatic rings. The minimum absolute atomic E-state index is 0.332. The molecule has 1 fully saturated rings. The van der Waals surface area contributed by atoms with Gasteiger partial charge >= 0.3 is 5.97 Å². The van der Waals surface area contributed by atoms with Crippen LogP contribution in [-0.2, 0) is 22.5 Å². The van der Waals surface area contributed by atoms with Crippen molar-refractivity contribution >= 4 is 22.9 Å². The Kier molecular flexibility index (Phi) is 5.58. The molecule has 0 radical (unpaired) electrons. The monoisotopic (exact) mass is 374 g/mol. The predicted octanol–water partition coefficient (Wildman–Crippen LogP) is 4.56. The number of esters is 1. The molecule has 28 heavy (non-hydrogen) atoms. The summed E-state index contributed by atoms with van der Waals surface area (Å²) in [6.45, 7) is 2.12. The maximum atomic E-state index is 11.2. The van der Waals surface area contributed by atoms with E-state index in [1.807, 2.05) is 0 Å². The van der Waals surface area contributed by atoms with Crippen molar-refractivity contribution in [3.8, 4) is 0 Å². The van der Waals surface area contributed by atoms with Gasteiger partial charge in [0.15, 0.2) is 0 Å². The van der Waals surface area contributed by atoms with Crippen LogP contribution in [0, 0.1) is 0 Å². The summed E-state index contributed by atoms with van der Waals surface area (Å²) in [5.41, 5.74) is 4.94. The second-order valence-electron chi connectivity index (χ2n) is 7.43. The predicted molar refractivity (Wildman–Crippen MR) is 113 cm³/mol. The number of hydrogen-bond acceptors (Lipinski definition) is 3. The van der Waals surface area contributed by atoms with E-state index in [1.54, 1.807) is 6.08 Å². The van der Waals surface area contributed by atoms with E-state index in [0.717, 1.165) is 25.1 Å². The number of fused-ring (bicyclic) bond motifs is 1. The summed E-state index contributed by atoms with van der Waals surface area (Å²) in [5, 5.41) is 1.34. The molecule has 0 aliphatic carbocycles. The molecule has 1 atom stereocenters. The zero-order valence-corrected chi connectivity index (χ0v) is 16.2. The molecule has 1 N–H and O–H groups in total. The maximum Gasteiger partial charge on any atom is 0.330 e. The first-order valence-electron chi connectivity index (χ1n) is 9.87. The van der Waals surface area contributed by atoms with Gasteiger partial charge in [-0.3, -0.25) is 4.90 Å². The van der Waals surface area contributed by atoms with Gasteiger partial charge in [0.1, 0.15) is 0 Å². The standard InChI is InChI=1S/C24H26N2O2/c1-28-24(27)13-12-18-8-10-19(11-9-18)17-26-14-4-5-21(26)15-20-16-25-23-7-3-2-6-22(20)23/h2-3,6-13,16,21,25H,4-5,14-15,17H2,1H3/t21-/m1/s1. The number of likely N-dealkylation sites (tertiary alicyclic amines) is 1. The van der Waals surface area contributed by atoms with Gasteiger partial charge in [0.2, 0.25) is 0 Å². The number of benzene rings is 2. The van der Waals surface area contributed by atoms with E-state index in [0.29, 0.717) is 6.04 Å². The molecule has 4 heteroatoms.